The third kappa shape index (κ3) is 1.83. The van der Waals surface area contributed by atoms with Gasteiger partial charge in [0.15, 0.2) is 0 Å². The van der Waals surface area contributed by atoms with Gasteiger partial charge in [-0.3, -0.25) is 9.59 Å². The first-order chi connectivity index (χ1) is 7.74. The van der Waals surface area contributed by atoms with E-state index in [1.54, 1.807) is 0 Å². The van der Waals surface area contributed by atoms with Crippen LogP contribution in [0.4, 0.5) is 13.2 Å². The van der Waals surface area contributed by atoms with Crippen LogP contribution in [0.1, 0.15) is 5.56 Å². The average Bonchev–Trinajstić information content (AvgIpc) is 2.16. The summed E-state index contributed by atoms with van der Waals surface area (Å²) >= 11 is 0. The third-order valence-electron chi connectivity index (χ3n) is 2.27. The van der Waals surface area contributed by atoms with E-state index in [0.717, 1.165) is 24.3 Å². The van der Waals surface area contributed by atoms with Crippen LogP contribution in [0.25, 0.3) is 0 Å². The molecule has 0 amide bonds. The van der Waals surface area contributed by atoms with Crippen LogP contribution < -0.4 is 0 Å². The molecule has 92 valence electrons. The number of halogens is 3. The van der Waals surface area contributed by atoms with Crippen LogP contribution in [0, 0.1) is 0 Å². The van der Waals surface area contributed by atoms with Crippen molar-refractivity contribution < 1.29 is 33.0 Å². The van der Waals surface area contributed by atoms with Crippen molar-refractivity contribution in [2.75, 3.05) is 0 Å². The SMILES string of the molecule is O=C(O)C(C(=O)O)(c1ccccc1)C(F)(F)F. The van der Waals surface area contributed by atoms with Crippen molar-refractivity contribution >= 4 is 11.9 Å². The molecular formula is C10H7F3O4. The predicted octanol–water partition coefficient (Wildman–Crippen LogP) is 1.66. The number of aliphatic carboxylic acids is 2. The fourth-order valence-corrected chi connectivity index (χ4v) is 1.43. The van der Waals surface area contributed by atoms with Gasteiger partial charge in [0.25, 0.3) is 5.41 Å². The summed E-state index contributed by atoms with van der Waals surface area (Å²) in [5, 5.41) is 17.4. The Morgan fingerprint density at radius 2 is 1.35 bits per heavy atom. The molecule has 0 aliphatic carbocycles. The maximum Gasteiger partial charge on any atom is 0.419 e. The maximum absolute atomic E-state index is 12.8. The number of carboxylic acid groups (broad SMARTS) is 2. The summed E-state index contributed by atoms with van der Waals surface area (Å²) in [4.78, 5) is 21.6. The van der Waals surface area contributed by atoms with E-state index in [9.17, 15) is 22.8 Å². The first kappa shape index (κ1) is 13.0. The second-order valence-corrected chi connectivity index (χ2v) is 3.22. The number of carboxylic acids is 2. The quantitative estimate of drug-likeness (QED) is 0.797. The van der Waals surface area contributed by atoms with Gasteiger partial charge in [0.1, 0.15) is 0 Å². The molecule has 0 radical (unpaired) electrons. The van der Waals surface area contributed by atoms with Gasteiger partial charge in [-0.1, -0.05) is 30.3 Å². The Balaban J connectivity index is 3.59. The molecule has 0 atom stereocenters. The van der Waals surface area contributed by atoms with Crippen molar-refractivity contribution in [3.63, 3.8) is 0 Å². The molecule has 17 heavy (non-hydrogen) atoms. The number of benzene rings is 1. The molecule has 4 nitrogen and oxygen atoms in total. The molecule has 1 aromatic carbocycles. The first-order valence-corrected chi connectivity index (χ1v) is 4.33. The lowest BCUT2D eigenvalue weighted by molar-refractivity contribution is -0.213. The molecule has 0 fully saturated rings. The highest BCUT2D eigenvalue weighted by molar-refractivity contribution is 6.05. The molecule has 1 rings (SSSR count). The lowest BCUT2D eigenvalue weighted by Crippen LogP contribution is -2.55. The maximum atomic E-state index is 12.8. The van der Waals surface area contributed by atoms with E-state index in [4.69, 9.17) is 10.2 Å². The minimum absolute atomic E-state index is 0.815. The van der Waals surface area contributed by atoms with Gasteiger partial charge < -0.3 is 10.2 Å². The van der Waals surface area contributed by atoms with Crippen LogP contribution in [0.15, 0.2) is 30.3 Å². The smallest absolute Gasteiger partial charge is 0.419 e. The fraction of sp³-hybridized carbons (Fsp3) is 0.200. The van der Waals surface area contributed by atoms with Gasteiger partial charge in [-0.2, -0.15) is 13.2 Å². The van der Waals surface area contributed by atoms with Gasteiger partial charge >= 0.3 is 18.1 Å². The molecule has 0 aliphatic heterocycles. The van der Waals surface area contributed by atoms with Crippen molar-refractivity contribution in [3.8, 4) is 0 Å². The standard InChI is InChI=1S/C10H7F3O4/c11-10(12,13)9(7(14)15,8(16)17)6-4-2-1-3-5-6/h1-5H,(H,14,15)(H,16,17). The van der Waals surface area contributed by atoms with Crippen LogP contribution in [-0.4, -0.2) is 28.3 Å². The highest BCUT2D eigenvalue weighted by Gasteiger charge is 2.68. The minimum atomic E-state index is -5.44. The van der Waals surface area contributed by atoms with Gasteiger partial charge in [-0.25, -0.2) is 0 Å². The predicted molar refractivity (Wildman–Crippen MR) is 49.4 cm³/mol. The molecule has 0 aliphatic rings. The van der Waals surface area contributed by atoms with Crippen LogP contribution in [0.2, 0.25) is 0 Å². The van der Waals surface area contributed by atoms with E-state index in [-0.39, 0.29) is 0 Å². The number of hydrogen-bond acceptors (Lipinski definition) is 2. The minimum Gasteiger partial charge on any atom is -0.480 e. The van der Waals surface area contributed by atoms with Crippen molar-refractivity contribution in [2.24, 2.45) is 0 Å². The fourth-order valence-electron chi connectivity index (χ4n) is 1.43. The molecule has 0 unspecified atom stereocenters. The molecule has 0 bridgehead atoms. The van der Waals surface area contributed by atoms with Crippen molar-refractivity contribution in [3.05, 3.63) is 35.9 Å². The summed E-state index contributed by atoms with van der Waals surface area (Å²) in [5.74, 6) is -4.94. The zero-order valence-electron chi connectivity index (χ0n) is 8.23. The van der Waals surface area contributed by atoms with Crippen LogP contribution >= 0.6 is 0 Å². The van der Waals surface area contributed by atoms with Crippen LogP contribution in [-0.2, 0) is 15.0 Å². The number of hydrogen-bond donors (Lipinski definition) is 2. The summed E-state index contributed by atoms with van der Waals surface area (Å²) in [6, 6.07) is 5.27. The normalized spacial score (nSPS) is 12.2. The molecule has 7 heteroatoms. The summed E-state index contributed by atoms with van der Waals surface area (Å²) in [5.41, 5.74) is -4.78. The molecule has 0 heterocycles. The van der Waals surface area contributed by atoms with Crippen molar-refractivity contribution in [1.29, 1.82) is 0 Å². The van der Waals surface area contributed by atoms with E-state index in [1.807, 2.05) is 0 Å². The van der Waals surface area contributed by atoms with Crippen LogP contribution in [0.5, 0.6) is 0 Å². The Bertz CT molecular complexity index is 425. The molecule has 0 aromatic heterocycles. The highest BCUT2D eigenvalue weighted by Crippen LogP contribution is 2.41. The number of alkyl halides is 3. The highest BCUT2D eigenvalue weighted by atomic mass is 19.4. The molecule has 0 saturated carbocycles. The van der Waals surface area contributed by atoms with E-state index in [0.29, 0.717) is 0 Å². The molecule has 1 aromatic rings. The molecular weight excluding hydrogens is 241 g/mol. The summed E-state index contributed by atoms with van der Waals surface area (Å²) in [6.45, 7) is 0. The topological polar surface area (TPSA) is 74.6 Å². The van der Waals surface area contributed by atoms with E-state index >= 15 is 0 Å². The lowest BCUT2D eigenvalue weighted by Gasteiger charge is -2.27. The van der Waals surface area contributed by atoms with E-state index < -0.39 is 29.1 Å². The summed E-state index contributed by atoms with van der Waals surface area (Å²) in [6.07, 6.45) is -5.44. The monoisotopic (exact) mass is 248 g/mol. The molecule has 2 N–H and O–H groups in total. The van der Waals surface area contributed by atoms with Crippen molar-refractivity contribution in [2.45, 2.75) is 11.6 Å². The second kappa shape index (κ2) is 4.08. The zero-order chi connectivity index (χ0) is 13.3. The summed E-state index contributed by atoms with van der Waals surface area (Å²) in [7, 11) is 0. The van der Waals surface area contributed by atoms with Crippen LogP contribution in [0.3, 0.4) is 0 Å². The lowest BCUT2D eigenvalue weighted by atomic mass is 9.80. The molecule has 0 spiro atoms. The average molecular weight is 248 g/mol. The Morgan fingerprint density at radius 3 is 1.65 bits per heavy atom. The summed E-state index contributed by atoms with van der Waals surface area (Å²) < 4.78 is 38.4. The van der Waals surface area contributed by atoms with Gasteiger partial charge in [-0.05, 0) is 5.56 Å². The second-order valence-electron chi connectivity index (χ2n) is 3.22. The zero-order valence-corrected chi connectivity index (χ0v) is 8.23. The first-order valence-electron chi connectivity index (χ1n) is 4.33. The third-order valence-corrected chi connectivity index (χ3v) is 2.27. The van der Waals surface area contributed by atoms with E-state index in [2.05, 4.69) is 0 Å². The van der Waals surface area contributed by atoms with Crippen molar-refractivity contribution in [1.82, 2.24) is 0 Å². The largest absolute Gasteiger partial charge is 0.480 e. The van der Waals surface area contributed by atoms with Gasteiger partial charge in [0, 0.05) is 0 Å². The Morgan fingerprint density at radius 1 is 0.941 bits per heavy atom. The van der Waals surface area contributed by atoms with Gasteiger partial charge in [-0.15, -0.1) is 0 Å². The molecule has 0 saturated heterocycles. The van der Waals surface area contributed by atoms with Gasteiger partial charge in [0.05, 0.1) is 0 Å². The number of carbonyl (C=O) groups is 2. The Hall–Kier alpha value is -2.05. The Kier molecular flexibility index (Phi) is 3.12. The van der Waals surface area contributed by atoms with E-state index in [1.165, 1.54) is 6.07 Å². The van der Waals surface area contributed by atoms with Gasteiger partial charge in [0.2, 0.25) is 0 Å². The number of rotatable bonds is 3. The Labute approximate surface area is 93.3 Å².